The number of rotatable bonds is 3. The van der Waals surface area contributed by atoms with Gasteiger partial charge in [-0.1, -0.05) is 23.7 Å². The zero-order chi connectivity index (χ0) is 15.6. The van der Waals surface area contributed by atoms with Gasteiger partial charge in [0.1, 0.15) is 0 Å². The van der Waals surface area contributed by atoms with Crippen LogP contribution in [0.3, 0.4) is 0 Å². The lowest BCUT2D eigenvalue weighted by Gasteiger charge is -2.39. The summed E-state index contributed by atoms with van der Waals surface area (Å²) in [4.78, 5) is 0. The van der Waals surface area contributed by atoms with Gasteiger partial charge in [-0.2, -0.15) is 17.0 Å². The van der Waals surface area contributed by atoms with Crippen LogP contribution in [-0.2, 0) is 14.9 Å². The molecule has 23 heavy (non-hydrogen) atoms. The Morgan fingerprint density at radius 1 is 1.22 bits per heavy atom. The summed E-state index contributed by atoms with van der Waals surface area (Å²) in [5, 5.41) is 3.88. The Morgan fingerprint density at radius 2 is 1.96 bits per heavy atom. The normalized spacial score (nSPS) is 24.1. The van der Waals surface area contributed by atoms with Crippen molar-refractivity contribution in [2.24, 2.45) is 0 Å². The average molecular weight is 382 g/mol. The molecule has 9 heteroatoms. The fourth-order valence-electron chi connectivity index (χ4n) is 2.89. The van der Waals surface area contributed by atoms with Crippen molar-refractivity contribution in [2.75, 3.05) is 45.9 Å². The molecule has 2 heterocycles. The zero-order valence-electron chi connectivity index (χ0n) is 12.7. The van der Waals surface area contributed by atoms with Crippen LogP contribution in [0.25, 0.3) is 0 Å². The molecule has 2 aliphatic rings. The first-order valence-electron chi connectivity index (χ1n) is 7.40. The van der Waals surface area contributed by atoms with Crippen LogP contribution in [0.5, 0.6) is 0 Å². The molecule has 0 saturated carbocycles. The van der Waals surface area contributed by atoms with Crippen molar-refractivity contribution < 1.29 is 13.2 Å². The number of ether oxygens (including phenoxy) is 1. The van der Waals surface area contributed by atoms with E-state index in [9.17, 15) is 8.42 Å². The van der Waals surface area contributed by atoms with Crippen LogP contribution >= 0.6 is 24.0 Å². The van der Waals surface area contributed by atoms with Gasteiger partial charge in [-0.25, -0.2) is 0 Å². The molecular formula is C14H21Cl2N3O3S. The summed E-state index contributed by atoms with van der Waals surface area (Å²) in [6.07, 6.45) is 0. The lowest BCUT2D eigenvalue weighted by molar-refractivity contribution is 0.0685. The minimum atomic E-state index is -3.49. The van der Waals surface area contributed by atoms with Gasteiger partial charge in [-0.05, 0) is 17.7 Å². The molecule has 1 unspecified atom stereocenters. The highest BCUT2D eigenvalue weighted by atomic mass is 35.5. The third-order valence-corrected chi connectivity index (χ3v) is 6.30. The summed E-state index contributed by atoms with van der Waals surface area (Å²) in [6, 6.07) is 7.17. The monoisotopic (exact) mass is 381 g/mol. The van der Waals surface area contributed by atoms with Gasteiger partial charge in [0, 0.05) is 37.7 Å². The van der Waals surface area contributed by atoms with Crippen LogP contribution in [-0.4, -0.2) is 63.0 Å². The van der Waals surface area contributed by atoms with Gasteiger partial charge in [0.05, 0.1) is 19.3 Å². The summed E-state index contributed by atoms with van der Waals surface area (Å²) in [5.41, 5.74) is 0.913. The summed E-state index contributed by atoms with van der Waals surface area (Å²) in [7, 11) is -3.49. The Hall–Kier alpha value is -0.410. The van der Waals surface area contributed by atoms with E-state index in [-0.39, 0.29) is 18.4 Å². The SMILES string of the molecule is Cl.O=S(=O)(N1CCOCC1)N1CCNCC1c1cccc(Cl)c1. The molecule has 2 saturated heterocycles. The number of piperazine rings is 1. The molecule has 1 aromatic carbocycles. The van der Waals surface area contributed by atoms with E-state index in [1.807, 2.05) is 18.2 Å². The number of nitrogens with one attached hydrogen (secondary N) is 1. The van der Waals surface area contributed by atoms with Crippen molar-refractivity contribution in [3.8, 4) is 0 Å². The van der Waals surface area contributed by atoms with Gasteiger partial charge in [0.2, 0.25) is 0 Å². The summed E-state index contributed by atoms with van der Waals surface area (Å²) < 4.78 is 34.2. The summed E-state index contributed by atoms with van der Waals surface area (Å²) in [6.45, 7) is 3.42. The maximum absolute atomic E-state index is 12.9. The second-order valence-electron chi connectivity index (χ2n) is 5.40. The van der Waals surface area contributed by atoms with Crippen LogP contribution in [0.1, 0.15) is 11.6 Å². The van der Waals surface area contributed by atoms with E-state index in [1.165, 1.54) is 4.31 Å². The molecule has 130 valence electrons. The van der Waals surface area contributed by atoms with Crippen molar-refractivity contribution >= 4 is 34.2 Å². The molecule has 0 aliphatic carbocycles. The summed E-state index contributed by atoms with van der Waals surface area (Å²) in [5.74, 6) is 0. The minimum Gasteiger partial charge on any atom is -0.379 e. The second-order valence-corrected chi connectivity index (χ2v) is 7.72. The van der Waals surface area contributed by atoms with Gasteiger partial charge in [-0.3, -0.25) is 0 Å². The topological polar surface area (TPSA) is 61.9 Å². The van der Waals surface area contributed by atoms with Crippen LogP contribution < -0.4 is 5.32 Å². The van der Waals surface area contributed by atoms with E-state index in [1.54, 1.807) is 10.4 Å². The largest absolute Gasteiger partial charge is 0.379 e. The van der Waals surface area contributed by atoms with Crippen molar-refractivity contribution in [1.29, 1.82) is 0 Å². The molecule has 3 rings (SSSR count). The van der Waals surface area contributed by atoms with Crippen molar-refractivity contribution in [3.05, 3.63) is 34.9 Å². The zero-order valence-corrected chi connectivity index (χ0v) is 15.0. The van der Waals surface area contributed by atoms with Crippen molar-refractivity contribution in [3.63, 3.8) is 0 Å². The maximum Gasteiger partial charge on any atom is 0.282 e. The Bertz CT molecular complexity index is 623. The summed E-state index contributed by atoms with van der Waals surface area (Å²) >= 11 is 6.06. The highest BCUT2D eigenvalue weighted by molar-refractivity contribution is 7.86. The van der Waals surface area contributed by atoms with Crippen molar-refractivity contribution in [1.82, 2.24) is 13.9 Å². The molecule has 2 fully saturated rings. The predicted molar refractivity (Wildman–Crippen MR) is 92.3 cm³/mol. The number of hydrogen-bond donors (Lipinski definition) is 1. The number of halogens is 2. The molecule has 1 N–H and O–H groups in total. The van der Waals surface area contributed by atoms with Gasteiger partial charge < -0.3 is 10.1 Å². The number of morpholine rings is 1. The number of nitrogens with zero attached hydrogens (tertiary/aromatic N) is 2. The highest BCUT2D eigenvalue weighted by Crippen LogP contribution is 2.28. The minimum absolute atomic E-state index is 0. The lowest BCUT2D eigenvalue weighted by Crippen LogP contribution is -2.55. The van der Waals surface area contributed by atoms with Gasteiger partial charge in [0.25, 0.3) is 10.2 Å². The van der Waals surface area contributed by atoms with E-state index < -0.39 is 10.2 Å². The third-order valence-electron chi connectivity index (χ3n) is 4.02. The number of hydrogen-bond acceptors (Lipinski definition) is 4. The third kappa shape index (κ3) is 4.17. The first-order chi connectivity index (χ1) is 10.6. The molecule has 1 atom stereocenters. The van der Waals surface area contributed by atoms with Gasteiger partial charge in [-0.15, -0.1) is 12.4 Å². The Morgan fingerprint density at radius 3 is 2.65 bits per heavy atom. The first-order valence-corrected chi connectivity index (χ1v) is 9.17. The molecule has 0 bridgehead atoms. The van der Waals surface area contributed by atoms with E-state index >= 15 is 0 Å². The van der Waals surface area contributed by atoms with Crippen LogP contribution in [0, 0.1) is 0 Å². The van der Waals surface area contributed by atoms with E-state index in [0.717, 1.165) is 5.56 Å². The molecule has 0 spiro atoms. The van der Waals surface area contributed by atoms with Crippen LogP contribution in [0.4, 0.5) is 0 Å². The van der Waals surface area contributed by atoms with Gasteiger partial charge >= 0.3 is 0 Å². The Labute approximate surface area is 148 Å². The average Bonchev–Trinajstić information content (AvgIpc) is 2.56. The van der Waals surface area contributed by atoms with Crippen LogP contribution in [0.15, 0.2) is 24.3 Å². The van der Waals surface area contributed by atoms with E-state index in [4.69, 9.17) is 16.3 Å². The molecule has 6 nitrogen and oxygen atoms in total. The van der Waals surface area contributed by atoms with Gasteiger partial charge in [0.15, 0.2) is 0 Å². The van der Waals surface area contributed by atoms with E-state index in [2.05, 4.69) is 5.32 Å². The molecule has 0 amide bonds. The molecule has 1 aromatic rings. The van der Waals surface area contributed by atoms with E-state index in [0.29, 0.717) is 51.0 Å². The highest BCUT2D eigenvalue weighted by Gasteiger charge is 2.37. The fraction of sp³-hybridized carbons (Fsp3) is 0.571. The Kier molecular flexibility index (Phi) is 6.67. The van der Waals surface area contributed by atoms with Crippen LogP contribution in [0.2, 0.25) is 5.02 Å². The maximum atomic E-state index is 12.9. The molecule has 0 radical (unpaired) electrons. The predicted octanol–water partition coefficient (Wildman–Crippen LogP) is 1.29. The standard InChI is InChI=1S/C14H20ClN3O3S.ClH/c15-13-3-1-2-12(10-13)14-11-16-4-5-18(14)22(19,20)17-6-8-21-9-7-17;/h1-3,10,14,16H,4-9,11H2;1H. The smallest absolute Gasteiger partial charge is 0.282 e. The molecular weight excluding hydrogens is 361 g/mol. The quantitative estimate of drug-likeness (QED) is 0.856. The van der Waals surface area contributed by atoms with Crippen molar-refractivity contribution in [2.45, 2.75) is 6.04 Å². The first kappa shape index (κ1) is 18.9. The molecule has 0 aromatic heterocycles. The fourth-order valence-corrected chi connectivity index (χ4v) is 4.83. The second kappa shape index (κ2) is 8.11. The lowest BCUT2D eigenvalue weighted by atomic mass is 10.1. The molecule has 2 aliphatic heterocycles. The Balaban J connectivity index is 0.00000192. The number of benzene rings is 1.